The van der Waals surface area contributed by atoms with Gasteiger partial charge in [-0.1, -0.05) is 41.9 Å². The van der Waals surface area contributed by atoms with Crippen LogP contribution in [0, 0.1) is 5.92 Å². The summed E-state index contributed by atoms with van der Waals surface area (Å²) in [6.45, 7) is 0.930. The second-order valence-corrected chi connectivity index (χ2v) is 7.00. The van der Waals surface area contributed by atoms with Gasteiger partial charge in [0, 0.05) is 17.3 Å². The standard InChI is InChI=1S/C20H20ClNO2/c1-24-20(23)17-7-4-10-22-18-12-15(21)9-8-14(18)11-13-5-2-3-6-16(13)19(17)22/h2-3,5-6,8-9,12,17,19H,4,7,10-11H2,1H3. The zero-order valence-electron chi connectivity index (χ0n) is 13.7. The average molecular weight is 342 g/mol. The highest BCUT2D eigenvalue weighted by Gasteiger charge is 2.40. The molecular formula is C20H20ClNO2. The summed E-state index contributed by atoms with van der Waals surface area (Å²) in [5, 5.41) is 0.735. The van der Waals surface area contributed by atoms with Crippen molar-refractivity contribution in [3.63, 3.8) is 0 Å². The molecule has 2 aromatic rings. The molecule has 124 valence electrons. The molecule has 0 bridgehead atoms. The quantitative estimate of drug-likeness (QED) is 0.721. The Hall–Kier alpha value is -2.00. The smallest absolute Gasteiger partial charge is 0.311 e. The van der Waals surface area contributed by atoms with Crippen LogP contribution in [0.1, 0.15) is 35.6 Å². The van der Waals surface area contributed by atoms with Gasteiger partial charge < -0.3 is 9.64 Å². The van der Waals surface area contributed by atoms with E-state index >= 15 is 0 Å². The summed E-state index contributed by atoms with van der Waals surface area (Å²) in [5.41, 5.74) is 4.93. The third-order valence-corrected chi connectivity index (χ3v) is 5.48. The van der Waals surface area contributed by atoms with Crippen molar-refractivity contribution in [2.45, 2.75) is 25.3 Å². The molecule has 2 aromatic carbocycles. The van der Waals surface area contributed by atoms with Crippen molar-refractivity contribution in [1.29, 1.82) is 0 Å². The van der Waals surface area contributed by atoms with Crippen LogP contribution in [0.15, 0.2) is 42.5 Å². The molecule has 24 heavy (non-hydrogen) atoms. The first-order valence-corrected chi connectivity index (χ1v) is 8.77. The van der Waals surface area contributed by atoms with Gasteiger partial charge in [-0.25, -0.2) is 0 Å². The largest absolute Gasteiger partial charge is 0.469 e. The van der Waals surface area contributed by atoms with Crippen LogP contribution in [0.25, 0.3) is 0 Å². The van der Waals surface area contributed by atoms with E-state index in [1.54, 1.807) is 0 Å². The highest BCUT2D eigenvalue weighted by atomic mass is 35.5. The molecular weight excluding hydrogens is 322 g/mol. The molecule has 4 rings (SSSR count). The van der Waals surface area contributed by atoms with E-state index in [4.69, 9.17) is 16.3 Å². The number of halogens is 1. The molecule has 4 heteroatoms. The van der Waals surface area contributed by atoms with E-state index in [0.717, 1.165) is 36.5 Å². The van der Waals surface area contributed by atoms with Crippen LogP contribution < -0.4 is 4.90 Å². The Labute approximate surface area is 147 Å². The predicted molar refractivity (Wildman–Crippen MR) is 95.5 cm³/mol. The molecule has 2 heterocycles. The van der Waals surface area contributed by atoms with Crippen molar-refractivity contribution in [2.75, 3.05) is 18.6 Å². The number of fused-ring (bicyclic) bond motifs is 5. The van der Waals surface area contributed by atoms with Gasteiger partial charge in [-0.3, -0.25) is 4.79 Å². The van der Waals surface area contributed by atoms with Crippen molar-refractivity contribution >= 4 is 23.3 Å². The van der Waals surface area contributed by atoms with Crippen LogP contribution in [0.3, 0.4) is 0 Å². The molecule has 0 spiro atoms. The van der Waals surface area contributed by atoms with Crippen LogP contribution in [0.5, 0.6) is 0 Å². The SMILES string of the molecule is COC(=O)C1CCCN2c3cc(Cl)ccc3Cc3ccccc3C12. The third-order valence-electron chi connectivity index (χ3n) is 5.25. The lowest BCUT2D eigenvalue weighted by Gasteiger charge is -2.42. The van der Waals surface area contributed by atoms with E-state index in [0.29, 0.717) is 0 Å². The Balaban J connectivity index is 1.92. The van der Waals surface area contributed by atoms with Gasteiger partial charge in [0.25, 0.3) is 0 Å². The summed E-state index contributed by atoms with van der Waals surface area (Å²) >= 11 is 6.28. The zero-order valence-corrected chi connectivity index (χ0v) is 14.4. The number of piperidine rings is 1. The molecule has 3 nitrogen and oxygen atoms in total. The van der Waals surface area contributed by atoms with E-state index in [1.165, 1.54) is 23.8 Å². The van der Waals surface area contributed by atoms with Gasteiger partial charge in [0.2, 0.25) is 0 Å². The van der Waals surface area contributed by atoms with Crippen molar-refractivity contribution < 1.29 is 9.53 Å². The Morgan fingerprint density at radius 1 is 1.21 bits per heavy atom. The van der Waals surface area contributed by atoms with Crippen LogP contribution in [0.4, 0.5) is 5.69 Å². The fourth-order valence-electron chi connectivity index (χ4n) is 4.19. The highest BCUT2D eigenvalue weighted by molar-refractivity contribution is 6.30. The Morgan fingerprint density at radius 2 is 2.04 bits per heavy atom. The zero-order chi connectivity index (χ0) is 16.7. The normalized spacial score (nSPS) is 22.0. The van der Waals surface area contributed by atoms with Crippen LogP contribution in [-0.4, -0.2) is 19.6 Å². The molecule has 2 atom stereocenters. The first kappa shape index (κ1) is 15.5. The van der Waals surface area contributed by atoms with E-state index in [1.807, 2.05) is 12.1 Å². The second-order valence-electron chi connectivity index (χ2n) is 6.56. The maximum Gasteiger partial charge on any atom is 0.311 e. The molecule has 0 radical (unpaired) electrons. The number of benzene rings is 2. The summed E-state index contributed by atoms with van der Waals surface area (Å²) in [7, 11) is 1.48. The first-order valence-electron chi connectivity index (χ1n) is 8.39. The van der Waals surface area contributed by atoms with E-state index in [-0.39, 0.29) is 17.9 Å². The van der Waals surface area contributed by atoms with Gasteiger partial charge in [-0.15, -0.1) is 0 Å². The fraction of sp³-hybridized carbons (Fsp3) is 0.350. The van der Waals surface area contributed by atoms with Gasteiger partial charge in [0.1, 0.15) is 0 Å². The fourth-order valence-corrected chi connectivity index (χ4v) is 4.36. The number of ether oxygens (including phenoxy) is 1. The molecule has 0 aliphatic carbocycles. The molecule has 2 aliphatic heterocycles. The van der Waals surface area contributed by atoms with Gasteiger partial charge >= 0.3 is 5.97 Å². The number of rotatable bonds is 1. The summed E-state index contributed by atoms with van der Waals surface area (Å²) in [6.07, 6.45) is 2.70. The van der Waals surface area contributed by atoms with Gasteiger partial charge in [-0.2, -0.15) is 0 Å². The first-order chi connectivity index (χ1) is 11.7. The molecule has 2 aliphatic rings. The predicted octanol–water partition coefficient (Wildman–Crippen LogP) is 4.37. The van der Waals surface area contributed by atoms with E-state index < -0.39 is 0 Å². The lowest BCUT2D eigenvalue weighted by Crippen LogP contribution is -2.42. The number of methoxy groups -OCH3 is 1. The van der Waals surface area contributed by atoms with Crippen molar-refractivity contribution in [3.8, 4) is 0 Å². The van der Waals surface area contributed by atoms with Crippen LogP contribution >= 0.6 is 11.6 Å². The average Bonchev–Trinajstić information content (AvgIpc) is 2.75. The third kappa shape index (κ3) is 2.48. The number of carbonyl (C=O) groups excluding carboxylic acids is 1. The maximum absolute atomic E-state index is 12.4. The van der Waals surface area contributed by atoms with Crippen molar-refractivity contribution in [1.82, 2.24) is 0 Å². The Morgan fingerprint density at radius 3 is 2.88 bits per heavy atom. The Kier molecular flexibility index (Phi) is 3.97. The maximum atomic E-state index is 12.4. The number of hydrogen-bond acceptors (Lipinski definition) is 3. The van der Waals surface area contributed by atoms with Gasteiger partial charge in [0.05, 0.1) is 19.1 Å². The summed E-state index contributed by atoms with van der Waals surface area (Å²) < 4.78 is 5.11. The lowest BCUT2D eigenvalue weighted by molar-refractivity contribution is -0.147. The number of nitrogens with zero attached hydrogens (tertiary/aromatic N) is 1. The topological polar surface area (TPSA) is 29.5 Å². The molecule has 1 fully saturated rings. The second kappa shape index (κ2) is 6.14. The molecule has 2 unspecified atom stereocenters. The lowest BCUT2D eigenvalue weighted by atomic mass is 9.83. The van der Waals surface area contributed by atoms with Crippen LogP contribution in [0.2, 0.25) is 5.02 Å². The van der Waals surface area contributed by atoms with Crippen LogP contribution in [-0.2, 0) is 16.0 Å². The monoisotopic (exact) mass is 341 g/mol. The minimum absolute atomic E-state index is 0.0158. The Bertz CT molecular complexity index is 789. The number of anilines is 1. The molecule has 0 N–H and O–H groups in total. The van der Waals surface area contributed by atoms with Crippen molar-refractivity contribution in [3.05, 3.63) is 64.2 Å². The summed E-state index contributed by atoms with van der Waals surface area (Å²) in [6, 6.07) is 14.6. The molecule has 0 saturated carbocycles. The van der Waals surface area contributed by atoms with E-state index in [2.05, 4.69) is 35.2 Å². The number of hydrogen-bond donors (Lipinski definition) is 0. The number of esters is 1. The molecule has 0 amide bonds. The highest BCUT2D eigenvalue weighted by Crippen LogP contribution is 2.45. The minimum Gasteiger partial charge on any atom is -0.469 e. The molecule has 1 saturated heterocycles. The van der Waals surface area contributed by atoms with E-state index in [9.17, 15) is 4.79 Å². The number of carbonyl (C=O) groups is 1. The summed E-state index contributed by atoms with van der Waals surface area (Å²) in [5.74, 6) is -0.264. The molecule has 0 aromatic heterocycles. The van der Waals surface area contributed by atoms with Crippen molar-refractivity contribution in [2.24, 2.45) is 5.92 Å². The van der Waals surface area contributed by atoms with Gasteiger partial charge in [0.15, 0.2) is 0 Å². The minimum atomic E-state index is -0.144. The van der Waals surface area contributed by atoms with Gasteiger partial charge in [-0.05, 0) is 48.1 Å². The summed E-state index contributed by atoms with van der Waals surface area (Å²) in [4.78, 5) is 14.8.